The molecule has 0 fully saturated rings. The molecule has 2 aromatic heterocycles. The van der Waals surface area contributed by atoms with Gasteiger partial charge >= 0.3 is 0 Å². The van der Waals surface area contributed by atoms with Gasteiger partial charge in [0.2, 0.25) is 0 Å². The molecule has 1 aromatic carbocycles. The zero-order valence-corrected chi connectivity index (χ0v) is 14.7. The molecule has 0 radical (unpaired) electrons. The number of rotatable bonds is 5. The van der Waals surface area contributed by atoms with Crippen LogP contribution >= 0.6 is 0 Å². The molecule has 1 atom stereocenters. The van der Waals surface area contributed by atoms with Gasteiger partial charge in [0.25, 0.3) is 0 Å². The number of aryl methyl sites for hydroxylation is 1. The Morgan fingerprint density at radius 3 is 2.81 bits per heavy atom. The van der Waals surface area contributed by atoms with Crippen molar-refractivity contribution in [3.8, 4) is 11.5 Å². The lowest BCUT2D eigenvalue weighted by molar-refractivity contribution is -0.108. The van der Waals surface area contributed by atoms with Gasteiger partial charge in [-0.1, -0.05) is 24.3 Å². The van der Waals surface area contributed by atoms with Crippen LogP contribution in [0.15, 0.2) is 36.5 Å². The van der Waals surface area contributed by atoms with Crippen LogP contribution in [0.5, 0.6) is 0 Å². The average molecular weight is 347 g/mol. The first-order chi connectivity index (χ1) is 12.7. The molecule has 0 bridgehead atoms. The highest BCUT2D eigenvalue weighted by Crippen LogP contribution is 2.31. The Balaban J connectivity index is 1.84. The minimum atomic E-state index is -0.396. The van der Waals surface area contributed by atoms with Crippen LogP contribution in [0.4, 0.5) is 5.82 Å². The molecule has 0 spiro atoms. The highest BCUT2D eigenvalue weighted by molar-refractivity contribution is 5.84. The quantitative estimate of drug-likeness (QED) is 0.712. The van der Waals surface area contributed by atoms with E-state index in [1.807, 2.05) is 42.4 Å². The number of hydrogen-bond acceptors (Lipinski definition) is 6. The van der Waals surface area contributed by atoms with Gasteiger partial charge in [0.15, 0.2) is 5.82 Å². The molecule has 0 saturated heterocycles. The summed E-state index contributed by atoms with van der Waals surface area (Å²) in [5, 5.41) is 2.18. The zero-order valence-electron chi connectivity index (χ0n) is 14.7. The molecule has 6 heteroatoms. The minimum absolute atomic E-state index is 0.252. The Morgan fingerprint density at radius 2 is 2.04 bits per heavy atom. The maximum atomic E-state index is 11.4. The predicted molar refractivity (Wildman–Crippen MR) is 102 cm³/mol. The number of pyridine rings is 1. The molecule has 0 amide bonds. The topological polar surface area (TPSA) is 85.0 Å². The van der Waals surface area contributed by atoms with Gasteiger partial charge in [-0.3, -0.25) is 4.98 Å². The van der Waals surface area contributed by atoms with Gasteiger partial charge in [0, 0.05) is 36.4 Å². The van der Waals surface area contributed by atoms with Crippen LogP contribution in [0.3, 0.4) is 0 Å². The van der Waals surface area contributed by atoms with Gasteiger partial charge < -0.3 is 15.4 Å². The third-order valence-electron chi connectivity index (χ3n) is 5.00. The van der Waals surface area contributed by atoms with Crippen molar-refractivity contribution >= 4 is 22.9 Å². The molecular formula is C20H21N5O. The first-order valence-electron chi connectivity index (χ1n) is 8.84. The molecule has 1 aliphatic carbocycles. The number of hydrogen-bond donors (Lipinski definition) is 1. The van der Waals surface area contributed by atoms with E-state index in [0.717, 1.165) is 59.1 Å². The maximum Gasteiger partial charge on any atom is 0.180 e. The highest BCUT2D eigenvalue weighted by Gasteiger charge is 2.25. The Bertz CT molecular complexity index is 972. The molecule has 0 aliphatic heterocycles. The van der Waals surface area contributed by atoms with Crippen molar-refractivity contribution in [1.29, 1.82) is 0 Å². The van der Waals surface area contributed by atoms with Crippen LogP contribution in [0, 0.1) is 0 Å². The number of carbonyl (C=O) groups excluding carboxylic acids is 1. The summed E-state index contributed by atoms with van der Waals surface area (Å²) in [5.74, 6) is 1.39. The Labute approximate surface area is 152 Å². The summed E-state index contributed by atoms with van der Waals surface area (Å²) < 4.78 is 0. The molecule has 1 aliphatic rings. The Hall–Kier alpha value is -2.86. The lowest BCUT2D eigenvalue weighted by atomic mass is 10.1. The molecule has 2 heterocycles. The molecule has 6 nitrogen and oxygen atoms in total. The monoisotopic (exact) mass is 347 g/mol. The van der Waals surface area contributed by atoms with Crippen molar-refractivity contribution in [3.05, 3.63) is 47.8 Å². The highest BCUT2D eigenvalue weighted by atomic mass is 16.1. The van der Waals surface area contributed by atoms with Crippen molar-refractivity contribution in [2.75, 3.05) is 18.5 Å². The van der Waals surface area contributed by atoms with Crippen LogP contribution < -0.4 is 10.6 Å². The molecule has 4 rings (SSSR count). The maximum absolute atomic E-state index is 11.4. The first-order valence-corrected chi connectivity index (χ1v) is 8.84. The van der Waals surface area contributed by atoms with Gasteiger partial charge in [-0.2, -0.15) is 0 Å². The van der Waals surface area contributed by atoms with E-state index < -0.39 is 6.04 Å². The van der Waals surface area contributed by atoms with Gasteiger partial charge in [0.1, 0.15) is 17.8 Å². The van der Waals surface area contributed by atoms with Crippen molar-refractivity contribution in [2.45, 2.75) is 25.3 Å². The average Bonchev–Trinajstić information content (AvgIpc) is 3.16. The smallest absolute Gasteiger partial charge is 0.180 e. The van der Waals surface area contributed by atoms with E-state index in [9.17, 15) is 4.79 Å². The van der Waals surface area contributed by atoms with E-state index in [4.69, 9.17) is 15.7 Å². The first kappa shape index (κ1) is 16.6. The van der Waals surface area contributed by atoms with Gasteiger partial charge in [-0.05, 0) is 30.7 Å². The summed E-state index contributed by atoms with van der Waals surface area (Å²) in [6.07, 6.45) is 5.62. The fourth-order valence-corrected chi connectivity index (χ4v) is 3.49. The minimum Gasteiger partial charge on any atom is -0.348 e. The fourth-order valence-electron chi connectivity index (χ4n) is 3.49. The molecule has 2 N–H and O–H groups in total. The van der Waals surface area contributed by atoms with E-state index in [1.54, 1.807) is 0 Å². The number of aromatic nitrogens is 3. The normalized spacial score (nSPS) is 14.2. The second-order valence-electron chi connectivity index (χ2n) is 6.62. The zero-order chi connectivity index (χ0) is 18.1. The Morgan fingerprint density at radius 1 is 1.23 bits per heavy atom. The number of fused-ring (bicyclic) bond motifs is 2. The number of aldehydes is 1. The van der Waals surface area contributed by atoms with E-state index >= 15 is 0 Å². The third kappa shape index (κ3) is 2.82. The van der Waals surface area contributed by atoms with E-state index in [2.05, 4.69) is 11.1 Å². The summed E-state index contributed by atoms with van der Waals surface area (Å²) in [6, 6.07) is 9.70. The largest absolute Gasteiger partial charge is 0.348 e. The van der Waals surface area contributed by atoms with Gasteiger partial charge in [-0.15, -0.1) is 0 Å². The number of carbonyl (C=O) groups is 1. The lowest BCUT2D eigenvalue weighted by Gasteiger charge is -2.26. The molecule has 3 aromatic rings. The number of nitrogens with two attached hydrogens (primary N) is 1. The second-order valence-corrected chi connectivity index (χ2v) is 6.62. The van der Waals surface area contributed by atoms with Crippen LogP contribution in [-0.4, -0.2) is 40.9 Å². The van der Waals surface area contributed by atoms with Crippen LogP contribution in [0.2, 0.25) is 0 Å². The summed E-state index contributed by atoms with van der Waals surface area (Å²) in [4.78, 5) is 27.3. The SMILES string of the molecule is CN(c1nc(-c2cc3ccccc3cn2)nc2c1CCC2)C(C=O)CN. The van der Waals surface area contributed by atoms with E-state index in [-0.39, 0.29) is 6.54 Å². The van der Waals surface area contributed by atoms with Crippen molar-refractivity contribution in [3.63, 3.8) is 0 Å². The lowest BCUT2D eigenvalue weighted by Crippen LogP contribution is -2.40. The van der Waals surface area contributed by atoms with Gasteiger partial charge in [-0.25, -0.2) is 9.97 Å². The molecule has 1 unspecified atom stereocenters. The number of benzene rings is 1. The summed E-state index contributed by atoms with van der Waals surface area (Å²) >= 11 is 0. The second kappa shape index (κ2) is 6.80. The predicted octanol–water partition coefficient (Wildman–Crippen LogP) is 2.14. The molecule has 132 valence electrons. The summed E-state index contributed by atoms with van der Waals surface area (Å²) in [6.45, 7) is 0.252. The molecule has 26 heavy (non-hydrogen) atoms. The summed E-state index contributed by atoms with van der Waals surface area (Å²) in [5.41, 5.74) is 8.66. The van der Waals surface area contributed by atoms with Crippen molar-refractivity contribution in [1.82, 2.24) is 15.0 Å². The third-order valence-corrected chi connectivity index (χ3v) is 5.00. The standard InChI is InChI=1S/C20H21N5O/c1-25(15(10-21)12-26)20-16-7-4-8-17(16)23-19(24-20)18-9-13-5-2-3-6-14(13)11-22-18/h2-3,5-6,9,11-12,15H,4,7-8,10,21H2,1H3. The van der Waals surface area contributed by atoms with Crippen LogP contribution in [0.1, 0.15) is 17.7 Å². The van der Waals surface area contributed by atoms with Crippen LogP contribution in [-0.2, 0) is 17.6 Å². The van der Waals surface area contributed by atoms with Crippen molar-refractivity contribution < 1.29 is 4.79 Å². The molecule has 0 saturated carbocycles. The van der Waals surface area contributed by atoms with Crippen molar-refractivity contribution in [2.24, 2.45) is 5.73 Å². The number of anilines is 1. The van der Waals surface area contributed by atoms with E-state index in [1.165, 1.54) is 0 Å². The summed E-state index contributed by atoms with van der Waals surface area (Å²) in [7, 11) is 1.87. The molecular weight excluding hydrogens is 326 g/mol. The van der Waals surface area contributed by atoms with Crippen LogP contribution in [0.25, 0.3) is 22.3 Å². The Kier molecular flexibility index (Phi) is 4.34. The number of likely N-dealkylation sites (N-methyl/N-ethyl adjacent to an activating group) is 1. The van der Waals surface area contributed by atoms with Gasteiger partial charge in [0.05, 0.1) is 6.04 Å². The fraction of sp³-hybridized carbons (Fsp3) is 0.300. The number of nitrogens with zero attached hydrogens (tertiary/aromatic N) is 4. The van der Waals surface area contributed by atoms with E-state index in [0.29, 0.717) is 5.82 Å².